The molecule has 0 radical (unpaired) electrons. The summed E-state index contributed by atoms with van der Waals surface area (Å²) in [7, 11) is 0. The van der Waals surface area contributed by atoms with Crippen LogP contribution in [0.4, 0.5) is 0 Å². The Bertz CT molecular complexity index is 783. The Kier molecular flexibility index (Phi) is 4.14. The van der Waals surface area contributed by atoms with Crippen molar-refractivity contribution in [2.24, 2.45) is 0 Å². The Morgan fingerprint density at radius 3 is 2.82 bits per heavy atom. The van der Waals surface area contributed by atoms with Gasteiger partial charge in [0, 0.05) is 10.5 Å². The van der Waals surface area contributed by atoms with Gasteiger partial charge in [-0.1, -0.05) is 35.5 Å². The van der Waals surface area contributed by atoms with Crippen LogP contribution in [0.1, 0.15) is 22.8 Å². The Morgan fingerprint density at radius 2 is 2.09 bits per heavy atom. The molecule has 1 heterocycles. The minimum Gasteiger partial charge on any atom is -0.503 e. The van der Waals surface area contributed by atoms with Gasteiger partial charge in [-0.05, 0) is 42.8 Å². The maximum atomic E-state index is 12.4. The molecule has 112 valence electrons. The standard InChI is InChI=1S/C17H13ClO3S/c1-2-21-13-8-10(7-12(18)17(13)20)9-15-16(19)11-5-3-4-6-14(11)22-15/h3-9,20H,2H2,1H3/b15-9-. The summed E-state index contributed by atoms with van der Waals surface area (Å²) in [5.74, 6) is 0.233. The van der Waals surface area contributed by atoms with Crippen molar-refractivity contribution in [2.45, 2.75) is 11.8 Å². The van der Waals surface area contributed by atoms with E-state index in [9.17, 15) is 9.90 Å². The Morgan fingerprint density at radius 1 is 1.32 bits per heavy atom. The number of aromatic hydroxyl groups is 1. The first-order valence-corrected chi connectivity index (χ1v) is 7.98. The normalized spacial score (nSPS) is 15.2. The third kappa shape index (κ3) is 2.72. The molecule has 0 saturated heterocycles. The average molecular weight is 333 g/mol. The van der Waals surface area contributed by atoms with Gasteiger partial charge in [0.25, 0.3) is 0 Å². The first-order chi connectivity index (χ1) is 10.6. The minimum absolute atomic E-state index is 0.00255. The molecule has 1 N–H and O–H groups in total. The highest BCUT2D eigenvalue weighted by Crippen LogP contribution is 2.42. The van der Waals surface area contributed by atoms with Crippen molar-refractivity contribution in [2.75, 3.05) is 6.61 Å². The smallest absolute Gasteiger partial charge is 0.200 e. The van der Waals surface area contributed by atoms with E-state index in [1.165, 1.54) is 11.8 Å². The van der Waals surface area contributed by atoms with Gasteiger partial charge in [0.05, 0.1) is 16.5 Å². The Labute approximate surface area is 137 Å². The van der Waals surface area contributed by atoms with Crippen LogP contribution in [-0.2, 0) is 0 Å². The van der Waals surface area contributed by atoms with E-state index in [1.54, 1.807) is 18.2 Å². The molecule has 2 aromatic carbocycles. The number of phenols is 1. The fraction of sp³-hybridized carbons (Fsp3) is 0.118. The van der Waals surface area contributed by atoms with Crippen LogP contribution in [0.5, 0.6) is 11.5 Å². The maximum absolute atomic E-state index is 12.4. The highest BCUT2D eigenvalue weighted by atomic mass is 35.5. The molecular formula is C17H13ClO3S. The van der Waals surface area contributed by atoms with Crippen LogP contribution in [0.3, 0.4) is 0 Å². The van der Waals surface area contributed by atoms with Crippen molar-refractivity contribution < 1.29 is 14.6 Å². The predicted octanol–water partition coefficient (Wildman–Crippen LogP) is 4.77. The third-order valence-electron chi connectivity index (χ3n) is 3.22. The van der Waals surface area contributed by atoms with Gasteiger partial charge in [-0.2, -0.15) is 0 Å². The van der Waals surface area contributed by atoms with E-state index in [-0.39, 0.29) is 16.6 Å². The largest absolute Gasteiger partial charge is 0.503 e. The Balaban J connectivity index is 1.99. The number of fused-ring (bicyclic) bond motifs is 1. The number of halogens is 1. The average Bonchev–Trinajstić information content (AvgIpc) is 2.81. The summed E-state index contributed by atoms with van der Waals surface area (Å²) in [5.41, 5.74) is 1.43. The number of ketones is 1. The van der Waals surface area contributed by atoms with Crippen LogP contribution in [-0.4, -0.2) is 17.5 Å². The second-order valence-corrected chi connectivity index (χ2v) is 6.21. The molecule has 0 aliphatic carbocycles. The van der Waals surface area contributed by atoms with E-state index in [0.29, 0.717) is 22.8 Å². The van der Waals surface area contributed by atoms with Crippen LogP contribution in [0.15, 0.2) is 46.2 Å². The van der Waals surface area contributed by atoms with Crippen LogP contribution >= 0.6 is 23.4 Å². The van der Waals surface area contributed by atoms with Gasteiger partial charge >= 0.3 is 0 Å². The van der Waals surface area contributed by atoms with Crippen molar-refractivity contribution in [3.05, 3.63) is 57.5 Å². The molecule has 3 nitrogen and oxygen atoms in total. The van der Waals surface area contributed by atoms with E-state index >= 15 is 0 Å². The van der Waals surface area contributed by atoms with Crippen molar-refractivity contribution in [3.63, 3.8) is 0 Å². The van der Waals surface area contributed by atoms with Crippen molar-refractivity contribution >= 4 is 35.2 Å². The summed E-state index contributed by atoms with van der Waals surface area (Å²) in [4.78, 5) is 13.9. The molecule has 0 spiro atoms. The molecule has 0 amide bonds. The zero-order valence-corrected chi connectivity index (χ0v) is 13.4. The molecule has 2 aromatic rings. The molecule has 0 unspecified atom stereocenters. The van der Waals surface area contributed by atoms with Gasteiger partial charge in [-0.25, -0.2) is 0 Å². The minimum atomic E-state index is -0.0839. The molecule has 0 atom stereocenters. The fourth-order valence-electron chi connectivity index (χ4n) is 2.23. The summed E-state index contributed by atoms with van der Waals surface area (Å²) in [6.07, 6.45) is 1.76. The number of phenolic OH excluding ortho intramolecular Hbond substituents is 1. The summed E-state index contributed by atoms with van der Waals surface area (Å²) in [6.45, 7) is 2.24. The van der Waals surface area contributed by atoms with E-state index in [2.05, 4.69) is 0 Å². The first-order valence-electron chi connectivity index (χ1n) is 6.78. The molecule has 0 fully saturated rings. The number of carbonyl (C=O) groups is 1. The van der Waals surface area contributed by atoms with E-state index in [0.717, 1.165) is 10.5 Å². The van der Waals surface area contributed by atoms with Crippen LogP contribution < -0.4 is 4.74 Å². The first kappa shape index (κ1) is 15.0. The van der Waals surface area contributed by atoms with Crippen LogP contribution in [0, 0.1) is 0 Å². The SMILES string of the molecule is CCOc1cc(/C=C2\Sc3ccccc3C2=O)cc(Cl)c1O. The van der Waals surface area contributed by atoms with E-state index in [1.807, 2.05) is 31.2 Å². The second kappa shape index (κ2) is 6.07. The molecule has 0 aromatic heterocycles. The zero-order chi connectivity index (χ0) is 15.7. The zero-order valence-electron chi connectivity index (χ0n) is 11.8. The highest BCUT2D eigenvalue weighted by Gasteiger charge is 2.25. The number of thioether (sulfide) groups is 1. The molecule has 1 aliphatic rings. The summed E-state index contributed by atoms with van der Waals surface area (Å²) >= 11 is 7.45. The molecular weight excluding hydrogens is 320 g/mol. The van der Waals surface area contributed by atoms with E-state index in [4.69, 9.17) is 16.3 Å². The van der Waals surface area contributed by atoms with Crippen molar-refractivity contribution in [1.82, 2.24) is 0 Å². The lowest BCUT2D eigenvalue weighted by Gasteiger charge is -2.08. The molecule has 0 saturated carbocycles. The number of hydrogen-bond donors (Lipinski definition) is 1. The molecule has 22 heavy (non-hydrogen) atoms. The van der Waals surface area contributed by atoms with Gasteiger partial charge in [0.1, 0.15) is 0 Å². The summed E-state index contributed by atoms with van der Waals surface area (Å²) in [6, 6.07) is 10.8. The fourth-order valence-corrected chi connectivity index (χ4v) is 3.50. The van der Waals surface area contributed by atoms with E-state index < -0.39 is 0 Å². The monoisotopic (exact) mass is 332 g/mol. The lowest BCUT2D eigenvalue weighted by Crippen LogP contribution is -1.95. The number of ether oxygens (including phenoxy) is 1. The maximum Gasteiger partial charge on any atom is 0.200 e. The van der Waals surface area contributed by atoms with Gasteiger partial charge < -0.3 is 9.84 Å². The third-order valence-corrected chi connectivity index (χ3v) is 4.61. The van der Waals surface area contributed by atoms with Gasteiger partial charge in [0.15, 0.2) is 11.5 Å². The highest BCUT2D eigenvalue weighted by molar-refractivity contribution is 8.04. The molecule has 3 rings (SSSR count). The van der Waals surface area contributed by atoms with Crippen molar-refractivity contribution in [3.8, 4) is 11.5 Å². The quantitative estimate of drug-likeness (QED) is 0.822. The number of rotatable bonds is 3. The Hall–Kier alpha value is -1.91. The summed E-state index contributed by atoms with van der Waals surface area (Å²) in [5, 5.41) is 10.1. The van der Waals surface area contributed by atoms with Gasteiger partial charge in [0.2, 0.25) is 5.78 Å². The topological polar surface area (TPSA) is 46.5 Å². The number of allylic oxidation sites excluding steroid dienone is 1. The lowest BCUT2D eigenvalue weighted by molar-refractivity contribution is 0.104. The van der Waals surface area contributed by atoms with Crippen LogP contribution in [0.25, 0.3) is 6.08 Å². The van der Waals surface area contributed by atoms with Gasteiger partial charge in [-0.3, -0.25) is 4.79 Å². The molecule has 0 bridgehead atoms. The number of benzene rings is 2. The van der Waals surface area contributed by atoms with Gasteiger partial charge in [-0.15, -0.1) is 0 Å². The lowest BCUT2D eigenvalue weighted by atomic mass is 10.1. The van der Waals surface area contributed by atoms with Crippen molar-refractivity contribution in [1.29, 1.82) is 0 Å². The summed E-state index contributed by atoms with van der Waals surface area (Å²) < 4.78 is 5.36. The van der Waals surface area contributed by atoms with Crippen LogP contribution in [0.2, 0.25) is 5.02 Å². The molecule has 5 heteroatoms. The number of carbonyl (C=O) groups excluding carboxylic acids is 1. The number of Topliss-reactive ketones (excluding diaryl/α,β-unsaturated/α-hetero) is 1. The number of hydrogen-bond acceptors (Lipinski definition) is 4. The second-order valence-electron chi connectivity index (χ2n) is 4.72. The molecule has 1 aliphatic heterocycles. The predicted molar refractivity (Wildman–Crippen MR) is 88.9 cm³/mol.